The third kappa shape index (κ3) is 0.774. The number of aromatic nitrogens is 2. The molecule has 0 saturated heterocycles. The first kappa shape index (κ1) is 6.22. The molecule has 0 radical (unpaired) electrons. The fraction of sp³-hybridized carbons (Fsp3) is 0.125. The summed E-state index contributed by atoms with van der Waals surface area (Å²) in [6.45, 7) is 2.02. The second-order valence-corrected chi connectivity index (χ2v) is 2.58. The number of aryl methyl sites for hydroxylation is 1. The minimum Gasteiger partial charge on any atom is -0.382 e. The lowest BCUT2D eigenvalue weighted by molar-refractivity contribution is 1.14. The molecule has 56 valence electrons. The molecule has 2 rings (SSSR count). The predicted molar refractivity (Wildman–Crippen MR) is 44.3 cm³/mol. The Balaban J connectivity index is 2.96. The Bertz CT molecular complexity index is 389. The number of nitrogen functional groups attached to an aromatic ring is 1. The number of anilines is 1. The standard InChI is InChI=1S/C8H9N3/c1-6-3-2-4-11-5-10-8(9)7(6)11/h2-5H,9H2,1H3. The van der Waals surface area contributed by atoms with Crippen molar-refractivity contribution in [1.29, 1.82) is 0 Å². The molecule has 11 heavy (non-hydrogen) atoms. The van der Waals surface area contributed by atoms with Gasteiger partial charge >= 0.3 is 0 Å². The van der Waals surface area contributed by atoms with Gasteiger partial charge in [-0.15, -0.1) is 0 Å². The van der Waals surface area contributed by atoms with E-state index in [0.717, 1.165) is 11.1 Å². The summed E-state index contributed by atoms with van der Waals surface area (Å²) in [5.74, 6) is 0.600. The van der Waals surface area contributed by atoms with Crippen molar-refractivity contribution in [2.75, 3.05) is 5.73 Å². The molecule has 2 aromatic rings. The van der Waals surface area contributed by atoms with E-state index in [1.54, 1.807) is 6.33 Å². The van der Waals surface area contributed by atoms with Gasteiger partial charge in [-0.3, -0.25) is 0 Å². The topological polar surface area (TPSA) is 43.3 Å². The van der Waals surface area contributed by atoms with Crippen LogP contribution >= 0.6 is 0 Å². The summed E-state index contributed by atoms with van der Waals surface area (Å²) < 4.78 is 1.92. The summed E-state index contributed by atoms with van der Waals surface area (Å²) in [5.41, 5.74) is 7.81. The van der Waals surface area contributed by atoms with Crippen molar-refractivity contribution >= 4 is 11.3 Å². The van der Waals surface area contributed by atoms with Gasteiger partial charge in [-0.25, -0.2) is 4.98 Å². The Morgan fingerprint density at radius 1 is 1.55 bits per heavy atom. The summed E-state index contributed by atoms with van der Waals surface area (Å²) >= 11 is 0. The van der Waals surface area contributed by atoms with E-state index in [1.165, 1.54) is 0 Å². The number of nitrogens with two attached hydrogens (primary N) is 1. The number of imidazole rings is 1. The largest absolute Gasteiger partial charge is 0.382 e. The maximum absolute atomic E-state index is 5.65. The van der Waals surface area contributed by atoms with E-state index in [0.29, 0.717) is 5.82 Å². The minimum absolute atomic E-state index is 0.600. The Hall–Kier alpha value is -1.51. The molecule has 0 aliphatic heterocycles. The van der Waals surface area contributed by atoms with Gasteiger partial charge in [0.15, 0.2) is 0 Å². The SMILES string of the molecule is Cc1cccn2cnc(N)c12. The van der Waals surface area contributed by atoms with Gasteiger partial charge in [-0.05, 0) is 18.6 Å². The lowest BCUT2D eigenvalue weighted by Gasteiger charge is -1.96. The van der Waals surface area contributed by atoms with E-state index in [4.69, 9.17) is 5.73 Å². The Labute approximate surface area is 64.5 Å². The van der Waals surface area contributed by atoms with Crippen molar-refractivity contribution in [2.24, 2.45) is 0 Å². The van der Waals surface area contributed by atoms with E-state index in [9.17, 15) is 0 Å². The van der Waals surface area contributed by atoms with Crippen molar-refractivity contribution in [1.82, 2.24) is 9.38 Å². The first-order chi connectivity index (χ1) is 5.29. The van der Waals surface area contributed by atoms with Crippen LogP contribution in [0.25, 0.3) is 5.52 Å². The summed E-state index contributed by atoms with van der Waals surface area (Å²) in [6, 6.07) is 4.00. The summed E-state index contributed by atoms with van der Waals surface area (Å²) in [7, 11) is 0. The zero-order valence-corrected chi connectivity index (χ0v) is 6.28. The molecule has 0 fully saturated rings. The van der Waals surface area contributed by atoms with E-state index < -0.39 is 0 Å². The van der Waals surface area contributed by atoms with E-state index in [2.05, 4.69) is 4.98 Å². The van der Waals surface area contributed by atoms with Crippen molar-refractivity contribution in [3.05, 3.63) is 30.2 Å². The van der Waals surface area contributed by atoms with Crippen LogP contribution < -0.4 is 5.73 Å². The van der Waals surface area contributed by atoms with Crippen LogP contribution in [0.15, 0.2) is 24.7 Å². The molecule has 2 N–H and O–H groups in total. The second kappa shape index (κ2) is 1.99. The molecule has 0 amide bonds. The normalized spacial score (nSPS) is 10.6. The molecule has 0 spiro atoms. The first-order valence-corrected chi connectivity index (χ1v) is 3.47. The van der Waals surface area contributed by atoms with Crippen LogP contribution in [0.3, 0.4) is 0 Å². The number of hydrogen-bond acceptors (Lipinski definition) is 2. The number of rotatable bonds is 0. The fourth-order valence-corrected chi connectivity index (χ4v) is 1.25. The zero-order chi connectivity index (χ0) is 7.84. The molecule has 2 heterocycles. The predicted octanol–water partition coefficient (Wildman–Crippen LogP) is 1.22. The molecule has 0 atom stereocenters. The average molecular weight is 147 g/mol. The Kier molecular flexibility index (Phi) is 1.12. The van der Waals surface area contributed by atoms with Crippen molar-refractivity contribution in [3.63, 3.8) is 0 Å². The molecular weight excluding hydrogens is 138 g/mol. The monoisotopic (exact) mass is 147 g/mol. The molecular formula is C8H9N3. The minimum atomic E-state index is 0.600. The molecule has 0 aromatic carbocycles. The lowest BCUT2D eigenvalue weighted by atomic mass is 10.2. The van der Waals surface area contributed by atoms with Crippen LogP contribution in [0.4, 0.5) is 5.82 Å². The van der Waals surface area contributed by atoms with Gasteiger partial charge < -0.3 is 10.1 Å². The fourth-order valence-electron chi connectivity index (χ4n) is 1.25. The number of nitrogens with zero attached hydrogens (tertiary/aromatic N) is 2. The van der Waals surface area contributed by atoms with Crippen LogP contribution in [0, 0.1) is 6.92 Å². The van der Waals surface area contributed by atoms with Gasteiger partial charge in [0.25, 0.3) is 0 Å². The van der Waals surface area contributed by atoms with Gasteiger partial charge in [-0.2, -0.15) is 0 Å². The Morgan fingerprint density at radius 3 is 3.09 bits per heavy atom. The van der Waals surface area contributed by atoms with Gasteiger partial charge in [-0.1, -0.05) is 6.07 Å². The summed E-state index contributed by atoms with van der Waals surface area (Å²) in [5, 5.41) is 0. The maximum atomic E-state index is 5.65. The van der Waals surface area contributed by atoms with Gasteiger partial charge in [0.1, 0.15) is 12.1 Å². The van der Waals surface area contributed by atoms with Crippen LogP contribution in [-0.2, 0) is 0 Å². The van der Waals surface area contributed by atoms with Gasteiger partial charge in [0.05, 0.1) is 5.52 Å². The third-order valence-corrected chi connectivity index (χ3v) is 1.79. The zero-order valence-electron chi connectivity index (χ0n) is 6.28. The average Bonchev–Trinajstić information content (AvgIpc) is 2.34. The van der Waals surface area contributed by atoms with Crippen molar-refractivity contribution in [3.8, 4) is 0 Å². The maximum Gasteiger partial charge on any atom is 0.149 e. The highest BCUT2D eigenvalue weighted by atomic mass is 15.0. The van der Waals surface area contributed by atoms with E-state index >= 15 is 0 Å². The number of pyridine rings is 1. The third-order valence-electron chi connectivity index (χ3n) is 1.79. The molecule has 3 heteroatoms. The van der Waals surface area contributed by atoms with Crippen molar-refractivity contribution in [2.45, 2.75) is 6.92 Å². The van der Waals surface area contributed by atoms with Crippen LogP contribution in [0.5, 0.6) is 0 Å². The van der Waals surface area contributed by atoms with Crippen molar-refractivity contribution < 1.29 is 0 Å². The number of fused-ring (bicyclic) bond motifs is 1. The molecule has 3 nitrogen and oxygen atoms in total. The summed E-state index contributed by atoms with van der Waals surface area (Å²) in [4.78, 5) is 4.00. The molecule has 2 aromatic heterocycles. The highest BCUT2D eigenvalue weighted by Gasteiger charge is 2.00. The molecule has 0 unspecified atom stereocenters. The number of hydrogen-bond donors (Lipinski definition) is 1. The van der Waals surface area contributed by atoms with Crippen LogP contribution in [-0.4, -0.2) is 9.38 Å². The molecule has 0 aliphatic carbocycles. The van der Waals surface area contributed by atoms with Crippen LogP contribution in [0.2, 0.25) is 0 Å². The molecule has 0 saturated carbocycles. The Morgan fingerprint density at radius 2 is 2.36 bits per heavy atom. The van der Waals surface area contributed by atoms with E-state index in [1.807, 2.05) is 29.7 Å². The van der Waals surface area contributed by atoms with Gasteiger partial charge in [0, 0.05) is 6.20 Å². The lowest BCUT2D eigenvalue weighted by Crippen LogP contribution is -1.88. The summed E-state index contributed by atoms with van der Waals surface area (Å²) in [6.07, 6.45) is 3.66. The highest BCUT2D eigenvalue weighted by Crippen LogP contribution is 2.14. The quantitative estimate of drug-likeness (QED) is 0.609. The van der Waals surface area contributed by atoms with Crippen LogP contribution in [0.1, 0.15) is 5.56 Å². The molecule has 0 aliphatic rings. The smallest absolute Gasteiger partial charge is 0.149 e. The highest BCUT2D eigenvalue weighted by molar-refractivity contribution is 5.69. The first-order valence-electron chi connectivity index (χ1n) is 3.47. The second-order valence-electron chi connectivity index (χ2n) is 2.58. The van der Waals surface area contributed by atoms with E-state index in [-0.39, 0.29) is 0 Å². The van der Waals surface area contributed by atoms with Gasteiger partial charge in [0.2, 0.25) is 0 Å². The molecule has 0 bridgehead atoms.